The van der Waals surface area contributed by atoms with Crippen molar-refractivity contribution in [1.29, 1.82) is 0 Å². The van der Waals surface area contributed by atoms with Gasteiger partial charge >= 0.3 is 0 Å². The highest BCUT2D eigenvalue weighted by molar-refractivity contribution is 6.30. The summed E-state index contributed by atoms with van der Waals surface area (Å²) in [5.74, 6) is 1.48. The minimum Gasteiger partial charge on any atom is -0.439 e. The van der Waals surface area contributed by atoms with Gasteiger partial charge in [-0.1, -0.05) is 29.3 Å². The summed E-state index contributed by atoms with van der Waals surface area (Å²) in [5, 5.41) is 0.907. The molecular weight excluding hydrogens is 299 g/mol. The molecule has 0 bridgehead atoms. The Morgan fingerprint density at radius 2 is 1.95 bits per heavy atom. The van der Waals surface area contributed by atoms with Gasteiger partial charge in [-0.15, -0.1) is 0 Å². The number of aryl methyl sites for hydroxylation is 1. The molecule has 0 spiro atoms. The Morgan fingerprint density at radius 3 is 2.70 bits per heavy atom. The summed E-state index contributed by atoms with van der Waals surface area (Å²) in [6.45, 7) is 4.70. The Kier molecular flexibility index (Phi) is 5.17. The highest BCUT2D eigenvalue weighted by atomic mass is 35.5. The molecule has 0 unspecified atom stereocenters. The molecule has 6 heteroatoms. The van der Waals surface area contributed by atoms with Crippen molar-refractivity contribution in [3.63, 3.8) is 0 Å². The molecule has 4 nitrogen and oxygen atoms in total. The number of hydrogen-bond donors (Lipinski definition) is 0. The fraction of sp³-hybridized carbons (Fsp3) is 0.286. The Hall–Kier alpha value is -1.36. The van der Waals surface area contributed by atoms with Gasteiger partial charge in [-0.3, -0.25) is 0 Å². The topological polar surface area (TPSA) is 44.2 Å². The molecule has 0 atom stereocenters. The van der Waals surface area contributed by atoms with Gasteiger partial charge in [0.25, 0.3) is 0 Å². The Morgan fingerprint density at radius 1 is 1.15 bits per heavy atom. The zero-order chi connectivity index (χ0) is 14.5. The predicted molar refractivity (Wildman–Crippen MR) is 78.6 cm³/mol. The smallest absolute Gasteiger partial charge is 0.224 e. The average Bonchev–Trinajstić information content (AvgIpc) is 2.40. The first-order valence-electron chi connectivity index (χ1n) is 6.13. The molecule has 0 radical (unpaired) electrons. The second-order valence-corrected chi connectivity index (χ2v) is 4.92. The lowest BCUT2D eigenvalue weighted by Gasteiger charge is -2.09. The van der Waals surface area contributed by atoms with E-state index >= 15 is 0 Å². The van der Waals surface area contributed by atoms with E-state index in [1.54, 1.807) is 18.2 Å². The maximum Gasteiger partial charge on any atom is 0.224 e. The summed E-state index contributed by atoms with van der Waals surface area (Å²) in [5.41, 5.74) is 0.954. The molecule has 0 saturated carbocycles. The van der Waals surface area contributed by atoms with Crippen molar-refractivity contribution in [3.05, 3.63) is 45.8 Å². The Labute approximate surface area is 127 Å². The molecule has 2 aromatic rings. The molecule has 0 aliphatic carbocycles. The van der Waals surface area contributed by atoms with Crippen LogP contribution in [0.25, 0.3) is 0 Å². The predicted octanol–water partition coefficient (Wildman–Crippen LogP) is 4.42. The summed E-state index contributed by atoms with van der Waals surface area (Å²) >= 11 is 11.9. The first-order valence-corrected chi connectivity index (χ1v) is 6.89. The van der Waals surface area contributed by atoms with Crippen LogP contribution >= 0.6 is 23.2 Å². The van der Waals surface area contributed by atoms with Gasteiger partial charge in [0.15, 0.2) is 5.82 Å². The third-order valence-electron chi connectivity index (χ3n) is 2.52. The minimum atomic E-state index is 0.294. The van der Waals surface area contributed by atoms with Gasteiger partial charge in [0.1, 0.15) is 17.5 Å². The number of hydrogen-bond acceptors (Lipinski definition) is 4. The normalized spacial score (nSPS) is 10.6. The summed E-state index contributed by atoms with van der Waals surface area (Å²) in [7, 11) is 0. The quantitative estimate of drug-likeness (QED) is 0.766. The van der Waals surface area contributed by atoms with Crippen LogP contribution in [-0.4, -0.2) is 16.6 Å². The molecule has 1 aromatic heterocycles. The van der Waals surface area contributed by atoms with Gasteiger partial charge in [0.2, 0.25) is 5.88 Å². The second-order valence-electron chi connectivity index (χ2n) is 4.09. The van der Waals surface area contributed by atoms with Crippen molar-refractivity contribution < 1.29 is 9.47 Å². The summed E-state index contributed by atoms with van der Waals surface area (Å²) in [6, 6.07) is 6.96. The maximum absolute atomic E-state index is 5.96. The zero-order valence-corrected chi connectivity index (χ0v) is 12.7. The molecule has 0 amide bonds. The monoisotopic (exact) mass is 312 g/mol. The lowest BCUT2D eigenvalue weighted by atomic mass is 10.2. The molecule has 0 N–H and O–H groups in total. The van der Waals surface area contributed by atoms with Gasteiger partial charge in [0.05, 0.1) is 0 Å². The maximum atomic E-state index is 5.96. The second kappa shape index (κ2) is 6.88. The van der Waals surface area contributed by atoms with E-state index in [9.17, 15) is 0 Å². The van der Waals surface area contributed by atoms with Gasteiger partial charge in [0, 0.05) is 17.7 Å². The summed E-state index contributed by atoms with van der Waals surface area (Å²) in [6.07, 6.45) is 0. The molecule has 0 saturated heterocycles. The lowest BCUT2D eigenvalue weighted by Crippen LogP contribution is -2.01. The van der Waals surface area contributed by atoms with E-state index in [2.05, 4.69) is 9.97 Å². The van der Waals surface area contributed by atoms with Crippen LogP contribution in [0.4, 0.5) is 0 Å². The third kappa shape index (κ3) is 4.07. The molecule has 1 aromatic carbocycles. The van der Waals surface area contributed by atoms with Gasteiger partial charge < -0.3 is 9.47 Å². The van der Waals surface area contributed by atoms with E-state index in [-0.39, 0.29) is 0 Å². The van der Waals surface area contributed by atoms with Gasteiger partial charge in [-0.2, -0.15) is 4.98 Å². The number of halogens is 2. The molecular formula is C14H14Cl2N2O2. The number of nitrogens with zero attached hydrogens (tertiary/aromatic N) is 2. The molecule has 2 rings (SSSR count). The van der Waals surface area contributed by atoms with Crippen LogP contribution < -0.4 is 4.74 Å². The molecule has 1 heterocycles. The molecule has 0 aliphatic rings. The fourth-order valence-electron chi connectivity index (χ4n) is 1.55. The fourth-order valence-corrected chi connectivity index (χ4v) is 1.90. The van der Waals surface area contributed by atoms with Crippen LogP contribution in [0.15, 0.2) is 24.3 Å². The number of rotatable bonds is 5. The summed E-state index contributed by atoms with van der Waals surface area (Å²) < 4.78 is 11.0. The number of ether oxygens (including phenoxy) is 2. The molecule has 0 aliphatic heterocycles. The van der Waals surface area contributed by atoms with E-state index in [0.29, 0.717) is 40.8 Å². The SMILES string of the molecule is CCOCc1nc(Cl)cc(Oc2cc(Cl)ccc2C)n1. The van der Waals surface area contributed by atoms with Crippen LogP contribution in [0.3, 0.4) is 0 Å². The van der Waals surface area contributed by atoms with Gasteiger partial charge in [-0.25, -0.2) is 4.98 Å². The van der Waals surface area contributed by atoms with Crippen LogP contribution in [0.1, 0.15) is 18.3 Å². The van der Waals surface area contributed by atoms with Crippen molar-refractivity contribution in [1.82, 2.24) is 9.97 Å². The zero-order valence-electron chi connectivity index (χ0n) is 11.2. The Bertz CT molecular complexity index is 606. The van der Waals surface area contributed by atoms with Crippen LogP contribution in [-0.2, 0) is 11.3 Å². The lowest BCUT2D eigenvalue weighted by molar-refractivity contribution is 0.128. The number of aromatic nitrogens is 2. The Balaban J connectivity index is 2.24. The third-order valence-corrected chi connectivity index (χ3v) is 2.95. The van der Waals surface area contributed by atoms with Gasteiger partial charge in [-0.05, 0) is 31.5 Å². The first kappa shape index (κ1) is 15.0. The molecule has 106 valence electrons. The van der Waals surface area contributed by atoms with Crippen LogP contribution in [0.5, 0.6) is 11.6 Å². The van der Waals surface area contributed by atoms with Crippen LogP contribution in [0, 0.1) is 6.92 Å². The molecule has 0 fully saturated rings. The van der Waals surface area contributed by atoms with E-state index < -0.39 is 0 Å². The van der Waals surface area contributed by atoms with E-state index in [0.717, 1.165) is 5.56 Å². The van der Waals surface area contributed by atoms with E-state index in [1.807, 2.05) is 19.9 Å². The molecule has 20 heavy (non-hydrogen) atoms. The first-order chi connectivity index (χ1) is 9.58. The average molecular weight is 313 g/mol. The summed E-state index contributed by atoms with van der Waals surface area (Å²) in [4.78, 5) is 8.33. The number of benzene rings is 1. The van der Waals surface area contributed by atoms with Crippen molar-refractivity contribution in [3.8, 4) is 11.6 Å². The van der Waals surface area contributed by atoms with Crippen molar-refractivity contribution in [2.45, 2.75) is 20.5 Å². The van der Waals surface area contributed by atoms with Crippen molar-refractivity contribution in [2.24, 2.45) is 0 Å². The highest BCUT2D eigenvalue weighted by Gasteiger charge is 2.08. The van der Waals surface area contributed by atoms with Crippen LogP contribution in [0.2, 0.25) is 10.2 Å². The van der Waals surface area contributed by atoms with E-state index in [4.69, 9.17) is 32.7 Å². The van der Waals surface area contributed by atoms with E-state index in [1.165, 1.54) is 0 Å². The highest BCUT2D eigenvalue weighted by Crippen LogP contribution is 2.27. The standard InChI is InChI=1S/C14H14Cl2N2O2/c1-3-19-8-13-17-12(16)7-14(18-13)20-11-6-10(15)5-4-9(11)2/h4-7H,3,8H2,1-2H3. The van der Waals surface area contributed by atoms with Crippen molar-refractivity contribution >= 4 is 23.2 Å². The van der Waals surface area contributed by atoms with Crippen molar-refractivity contribution in [2.75, 3.05) is 6.61 Å². The largest absolute Gasteiger partial charge is 0.439 e. The minimum absolute atomic E-state index is 0.294.